The van der Waals surface area contributed by atoms with Crippen molar-refractivity contribution in [3.8, 4) is 17.2 Å². The molecular formula is C15H19NO7S2. The van der Waals surface area contributed by atoms with Crippen molar-refractivity contribution in [3.63, 3.8) is 0 Å². The first-order chi connectivity index (χ1) is 11.9. The van der Waals surface area contributed by atoms with E-state index >= 15 is 0 Å². The second-order valence-electron chi connectivity index (χ2n) is 4.95. The second-order valence-corrected chi connectivity index (χ2v) is 6.83. The average Bonchev–Trinajstić information content (AvgIpc) is 3.20. The second kappa shape index (κ2) is 9.02. The number of hydrogen-bond donors (Lipinski definition) is 3. The average molecular weight is 389 g/mol. The summed E-state index contributed by atoms with van der Waals surface area (Å²) in [5, 5.41) is 5.24. The molecule has 2 aromatic rings. The van der Waals surface area contributed by atoms with Crippen molar-refractivity contribution >= 4 is 21.7 Å². The summed E-state index contributed by atoms with van der Waals surface area (Å²) in [6, 6.07) is 9.89. The molecule has 0 fully saturated rings. The zero-order valence-corrected chi connectivity index (χ0v) is 15.0. The SMILES string of the molecule is CNCC[C@@H](Oc1cccc2c1OCO2)c1cccs1.O=S(=O)(O)O. The summed E-state index contributed by atoms with van der Waals surface area (Å²) in [4.78, 5) is 1.22. The maximum atomic E-state index is 8.74. The van der Waals surface area contributed by atoms with Crippen LogP contribution in [0.5, 0.6) is 17.2 Å². The number of fused-ring (bicyclic) bond motifs is 1. The van der Waals surface area contributed by atoms with Crippen molar-refractivity contribution in [3.05, 3.63) is 40.6 Å². The van der Waals surface area contributed by atoms with E-state index in [1.807, 2.05) is 31.3 Å². The highest BCUT2D eigenvalue weighted by atomic mass is 32.3. The molecule has 2 heterocycles. The van der Waals surface area contributed by atoms with Gasteiger partial charge in [-0.1, -0.05) is 12.1 Å². The Kier molecular flexibility index (Phi) is 7.02. The van der Waals surface area contributed by atoms with Crippen molar-refractivity contribution in [1.29, 1.82) is 0 Å². The summed E-state index contributed by atoms with van der Waals surface area (Å²) in [5.41, 5.74) is 0. The van der Waals surface area contributed by atoms with Crippen LogP contribution < -0.4 is 19.5 Å². The Morgan fingerprint density at radius 3 is 2.68 bits per heavy atom. The van der Waals surface area contributed by atoms with Gasteiger partial charge in [-0.2, -0.15) is 8.42 Å². The fourth-order valence-electron chi connectivity index (χ4n) is 2.16. The van der Waals surface area contributed by atoms with E-state index in [9.17, 15) is 0 Å². The van der Waals surface area contributed by atoms with Crippen LogP contribution in [0.4, 0.5) is 0 Å². The van der Waals surface area contributed by atoms with Gasteiger partial charge in [-0.05, 0) is 37.2 Å². The van der Waals surface area contributed by atoms with Gasteiger partial charge < -0.3 is 19.5 Å². The topological polar surface area (TPSA) is 114 Å². The lowest BCUT2D eigenvalue weighted by Gasteiger charge is -2.18. The molecule has 138 valence electrons. The minimum absolute atomic E-state index is 0.0261. The number of para-hydroxylation sites is 1. The smallest absolute Gasteiger partial charge is 0.394 e. The third-order valence-corrected chi connectivity index (χ3v) is 4.11. The van der Waals surface area contributed by atoms with Crippen LogP contribution in [0.2, 0.25) is 0 Å². The molecule has 1 aliphatic heterocycles. The van der Waals surface area contributed by atoms with Crippen LogP contribution in [0, 0.1) is 0 Å². The van der Waals surface area contributed by atoms with Gasteiger partial charge in [0.25, 0.3) is 0 Å². The van der Waals surface area contributed by atoms with E-state index in [4.69, 9.17) is 31.7 Å². The van der Waals surface area contributed by atoms with E-state index in [0.29, 0.717) is 5.75 Å². The lowest BCUT2D eigenvalue weighted by molar-refractivity contribution is 0.159. The predicted octanol–water partition coefficient (Wildman–Crippen LogP) is 2.55. The molecule has 0 bridgehead atoms. The number of benzene rings is 1. The molecule has 8 nitrogen and oxygen atoms in total. The van der Waals surface area contributed by atoms with Gasteiger partial charge >= 0.3 is 10.4 Å². The molecule has 0 saturated heterocycles. The van der Waals surface area contributed by atoms with Gasteiger partial charge in [-0.15, -0.1) is 11.3 Å². The first-order valence-corrected chi connectivity index (χ1v) is 9.59. The van der Waals surface area contributed by atoms with Gasteiger partial charge in [0.05, 0.1) is 0 Å². The maximum Gasteiger partial charge on any atom is 0.394 e. The van der Waals surface area contributed by atoms with Crippen molar-refractivity contribution in [2.45, 2.75) is 12.5 Å². The van der Waals surface area contributed by atoms with Gasteiger partial charge in [0, 0.05) is 11.3 Å². The van der Waals surface area contributed by atoms with Crippen LogP contribution in [0.15, 0.2) is 35.7 Å². The molecule has 0 unspecified atom stereocenters. The molecule has 3 rings (SSSR count). The molecular weight excluding hydrogens is 370 g/mol. The summed E-state index contributed by atoms with van der Waals surface area (Å²) in [6.07, 6.45) is 0.930. The Balaban J connectivity index is 0.000000399. The van der Waals surface area contributed by atoms with Gasteiger partial charge in [-0.25, -0.2) is 0 Å². The van der Waals surface area contributed by atoms with Gasteiger partial charge in [0.15, 0.2) is 11.5 Å². The molecule has 0 spiro atoms. The van der Waals surface area contributed by atoms with Crippen LogP contribution in [-0.2, 0) is 10.4 Å². The Morgan fingerprint density at radius 1 is 1.28 bits per heavy atom. The minimum Gasteiger partial charge on any atom is -0.481 e. The highest BCUT2D eigenvalue weighted by molar-refractivity contribution is 7.79. The summed E-state index contributed by atoms with van der Waals surface area (Å²) < 4.78 is 48.6. The van der Waals surface area contributed by atoms with Crippen molar-refractivity contribution in [2.24, 2.45) is 0 Å². The van der Waals surface area contributed by atoms with E-state index in [2.05, 4.69) is 16.8 Å². The number of nitrogens with one attached hydrogen (secondary N) is 1. The summed E-state index contributed by atoms with van der Waals surface area (Å²) in [6.45, 7) is 1.16. The highest BCUT2D eigenvalue weighted by Crippen LogP contribution is 2.42. The first kappa shape index (κ1) is 19.5. The third kappa shape index (κ3) is 6.52. The molecule has 3 N–H and O–H groups in total. The van der Waals surface area contributed by atoms with Crippen molar-refractivity contribution in [1.82, 2.24) is 5.32 Å². The molecule has 0 radical (unpaired) electrons. The standard InChI is InChI=1S/C15H17NO3S.H2O4S/c1-16-8-7-11(14-6-3-9-20-14)19-13-5-2-4-12-15(13)18-10-17-12;1-5(2,3)4/h2-6,9,11,16H,7-8,10H2,1H3;(H2,1,2,3,4)/t11-;/m1./s1. The van der Waals surface area contributed by atoms with Crippen LogP contribution in [0.25, 0.3) is 0 Å². The lowest BCUT2D eigenvalue weighted by Crippen LogP contribution is -2.15. The van der Waals surface area contributed by atoms with E-state index in [1.54, 1.807) is 11.3 Å². The van der Waals surface area contributed by atoms with Crippen molar-refractivity contribution < 1.29 is 31.7 Å². The molecule has 0 aliphatic carbocycles. The van der Waals surface area contributed by atoms with Crippen molar-refractivity contribution in [2.75, 3.05) is 20.4 Å². The monoisotopic (exact) mass is 389 g/mol. The largest absolute Gasteiger partial charge is 0.481 e. The van der Waals surface area contributed by atoms with Crippen LogP contribution in [0.3, 0.4) is 0 Å². The fourth-order valence-corrected chi connectivity index (χ4v) is 2.95. The van der Waals surface area contributed by atoms with E-state index < -0.39 is 10.4 Å². The minimum atomic E-state index is -4.67. The van der Waals surface area contributed by atoms with Crippen LogP contribution in [0.1, 0.15) is 17.4 Å². The molecule has 1 aromatic heterocycles. The van der Waals surface area contributed by atoms with E-state index in [1.165, 1.54) is 4.88 Å². The molecule has 10 heteroatoms. The maximum absolute atomic E-state index is 8.74. The normalized spacial score (nSPS) is 13.7. The molecule has 0 saturated carbocycles. The summed E-state index contributed by atoms with van der Waals surface area (Å²) >= 11 is 1.71. The zero-order chi connectivity index (χ0) is 18.3. The Bertz CT molecular complexity index is 754. The quantitative estimate of drug-likeness (QED) is 0.646. The predicted molar refractivity (Wildman–Crippen MR) is 93.0 cm³/mol. The van der Waals surface area contributed by atoms with Gasteiger partial charge in [0.2, 0.25) is 12.5 Å². The number of hydrogen-bond acceptors (Lipinski definition) is 7. The summed E-state index contributed by atoms with van der Waals surface area (Å²) in [7, 11) is -2.72. The van der Waals surface area contributed by atoms with E-state index in [0.717, 1.165) is 24.5 Å². The summed E-state index contributed by atoms with van der Waals surface area (Å²) in [5.74, 6) is 2.20. The Morgan fingerprint density at radius 2 is 2.04 bits per heavy atom. The van der Waals surface area contributed by atoms with E-state index in [-0.39, 0.29) is 12.9 Å². The van der Waals surface area contributed by atoms with Crippen LogP contribution >= 0.6 is 11.3 Å². The molecule has 25 heavy (non-hydrogen) atoms. The fraction of sp³-hybridized carbons (Fsp3) is 0.333. The zero-order valence-electron chi connectivity index (χ0n) is 13.4. The lowest BCUT2D eigenvalue weighted by atomic mass is 10.2. The number of ether oxygens (including phenoxy) is 3. The molecule has 1 aliphatic rings. The van der Waals surface area contributed by atoms with Crippen LogP contribution in [-0.4, -0.2) is 37.9 Å². The molecule has 1 aromatic carbocycles. The molecule has 0 amide bonds. The van der Waals surface area contributed by atoms with Gasteiger partial charge in [-0.3, -0.25) is 9.11 Å². The number of thiophene rings is 1. The third-order valence-electron chi connectivity index (χ3n) is 3.15. The van der Waals surface area contributed by atoms with Gasteiger partial charge in [0.1, 0.15) is 6.10 Å². The Labute approximate surface area is 149 Å². The number of rotatable bonds is 6. The molecule has 1 atom stereocenters. The highest BCUT2D eigenvalue weighted by Gasteiger charge is 2.22. The Hall–Kier alpha value is -1.85. The first-order valence-electron chi connectivity index (χ1n) is 7.31.